The van der Waals surface area contributed by atoms with Gasteiger partial charge in [-0.2, -0.15) is 0 Å². The van der Waals surface area contributed by atoms with Crippen molar-refractivity contribution < 1.29 is 4.74 Å². The maximum Gasteiger partial charge on any atom is 0.191 e. The SMILES string of the molecule is CCNC(=NCc1ccccc1-n1ccnc1)NCCc1ccc(C)c(OC)c1. The summed E-state index contributed by atoms with van der Waals surface area (Å²) >= 11 is 0. The zero-order valence-corrected chi connectivity index (χ0v) is 17.4. The van der Waals surface area contributed by atoms with E-state index in [1.807, 2.05) is 29.2 Å². The molecule has 0 saturated heterocycles. The molecule has 0 aliphatic carbocycles. The summed E-state index contributed by atoms with van der Waals surface area (Å²) in [6.07, 6.45) is 6.43. The highest BCUT2D eigenvalue weighted by molar-refractivity contribution is 5.79. The van der Waals surface area contributed by atoms with Gasteiger partial charge in [0, 0.05) is 25.5 Å². The van der Waals surface area contributed by atoms with E-state index in [-0.39, 0.29) is 0 Å². The van der Waals surface area contributed by atoms with Gasteiger partial charge in [-0.3, -0.25) is 0 Å². The molecule has 0 fully saturated rings. The van der Waals surface area contributed by atoms with Crippen LogP contribution in [-0.2, 0) is 13.0 Å². The maximum atomic E-state index is 5.42. The summed E-state index contributed by atoms with van der Waals surface area (Å²) in [4.78, 5) is 8.91. The Labute approximate surface area is 172 Å². The van der Waals surface area contributed by atoms with Gasteiger partial charge in [-0.1, -0.05) is 30.3 Å². The predicted octanol–water partition coefficient (Wildman–Crippen LogP) is 3.49. The highest BCUT2D eigenvalue weighted by atomic mass is 16.5. The molecule has 0 spiro atoms. The molecule has 1 heterocycles. The Morgan fingerprint density at radius 3 is 2.79 bits per heavy atom. The number of aryl methyl sites for hydroxylation is 1. The molecule has 0 radical (unpaired) electrons. The number of hydrogen-bond acceptors (Lipinski definition) is 3. The van der Waals surface area contributed by atoms with E-state index in [2.05, 4.69) is 59.8 Å². The Hall–Kier alpha value is -3.28. The summed E-state index contributed by atoms with van der Waals surface area (Å²) < 4.78 is 7.43. The number of aromatic nitrogens is 2. The molecule has 0 saturated carbocycles. The average Bonchev–Trinajstić information content (AvgIpc) is 3.28. The number of guanidine groups is 1. The molecule has 2 N–H and O–H groups in total. The highest BCUT2D eigenvalue weighted by Gasteiger charge is 2.05. The van der Waals surface area contributed by atoms with Crippen LogP contribution in [0.5, 0.6) is 5.75 Å². The third-order valence-corrected chi connectivity index (χ3v) is 4.70. The molecule has 3 rings (SSSR count). The van der Waals surface area contributed by atoms with Crippen LogP contribution in [0.2, 0.25) is 0 Å². The lowest BCUT2D eigenvalue weighted by Crippen LogP contribution is -2.38. The largest absolute Gasteiger partial charge is 0.496 e. The van der Waals surface area contributed by atoms with Crippen LogP contribution in [0, 0.1) is 6.92 Å². The summed E-state index contributed by atoms with van der Waals surface area (Å²) in [7, 11) is 1.71. The van der Waals surface area contributed by atoms with Crippen LogP contribution in [0.1, 0.15) is 23.6 Å². The number of methoxy groups -OCH3 is 1. The molecule has 3 aromatic rings. The fourth-order valence-electron chi connectivity index (χ4n) is 3.15. The maximum absolute atomic E-state index is 5.42. The predicted molar refractivity (Wildman–Crippen MR) is 118 cm³/mol. The van der Waals surface area contributed by atoms with E-state index >= 15 is 0 Å². The molecule has 0 amide bonds. The summed E-state index contributed by atoms with van der Waals surface area (Å²) in [5.74, 6) is 1.74. The van der Waals surface area contributed by atoms with Crippen molar-refractivity contribution in [3.63, 3.8) is 0 Å². The highest BCUT2D eigenvalue weighted by Crippen LogP contribution is 2.19. The van der Waals surface area contributed by atoms with Crippen molar-refractivity contribution in [1.29, 1.82) is 0 Å². The molecule has 0 bridgehead atoms. The van der Waals surface area contributed by atoms with Gasteiger partial charge in [-0.25, -0.2) is 9.98 Å². The number of imidazole rings is 1. The van der Waals surface area contributed by atoms with Gasteiger partial charge in [0.1, 0.15) is 5.75 Å². The molecule has 0 unspecified atom stereocenters. The molecule has 2 aromatic carbocycles. The van der Waals surface area contributed by atoms with E-state index in [9.17, 15) is 0 Å². The number of hydrogen-bond donors (Lipinski definition) is 2. The van der Waals surface area contributed by atoms with Gasteiger partial charge in [0.2, 0.25) is 0 Å². The average molecular weight is 392 g/mol. The van der Waals surface area contributed by atoms with Crippen LogP contribution < -0.4 is 15.4 Å². The van der Waals surface area contributed by atoms with Crippen molar-refractivity contribution in [3.05, 3.63) is 77.9 Å². The molecular formula is C23H29N5O. The van der Waals surface area contributed by atoms with Gasteiger partial charge in [-0.15, -0.1) is 0 Å². The lowest BCUT2D eigenvalue weighted by atomic mass is 10.1. The number of nitrogens with zero attached hydrogens (tertiary/aromatic N) is 3. The van der Waals surface area contributed by atoms with E-state index in [0.717, 1.165) is 48.0 Å². The molecule has 152 valence electrons. The fourth-order valence-corrected chi connectivity index (χ4v) is 3.15. The van der Waals surface area contributed by atoms with Crippen molar-refractivity contribution >= 4 is 5.96 Å². The molecule has 29 heavy (non-hydrogen) atoms. The van der Waals surface area contributed by atoms with Gasteiger partial charge >= 0.3 is 0 Å². The molecule has 6 heteroatoms. The first-order valence-corrected chi connectivity index (χ1v) is 9.93. The third kappa shape index (κ3) is 5.60. The standard InChI is InChI=1S/C23H29N5O/c1-4-25-23(26-12-11-19-10-9-18(2)22(15-19)29-3)27-16-20-7-5-6-8-21(20)28-14-13-24-17-28/h5-10,13-15,17H,4,11-12,16H2,1-3H3,(H2,25,26,27). The first-order chi connectivity index (χ1) is 14.2. The number of rotatable bonds is 8. The lowest BCUT2D eigenvalue weighted by Gasteiger charge is -2.13. The van der Waals surface area contributed by atoms with E-state index in [1.165, 1.54) is 5.56 Å². The lowest BCUT2D eigenvalue weighted by molar-refractivity contribution is 0.411. The van der Waals surface area contributed by atoms with E-state index in [4.69, 9.17) is 9.73 Å². The summed E-state index contributed by atoms with van der Waals surface area (Å²) in [6, 6.07) is 14.6. The van der Waals surface area contributed by atoms with Crippen LogP contribution in [0.15, 0.2) is 66.2 Å². The molecule has 0 aliphatic heterocycles. The molecule has 0 aliphatic rings. The van der Waals surface area contributed by atoms with Gasteiger partial charge < -0.3 is 19.9 Å². The van der Waals surface area contributed by atoms with E-state index in [1.54, 1.807) is 13.3 Å². The normalized spacial score (nSPS) is 11.3. The Balaban J connectivity index is 1.64. The van der Waals surface area contributed by atoms with Crippen molar-refractivity contribution in [2.24, 2.45) is 4.99 Å². The minimum atomic E-state index is 0.585. The summed E-state index contributed by atoms with van der Waals surface area (Å²) in [6.45, 7) is 6.32. The quantitative estimate of drug-likeness (QED) is 0.456. The molecule has 1 aromatic heterocycles. The van der Waals surface area contributed by atoms with E-state index < -0.39 is 0 Å². The number of benzene rings is 2. The van der Waals surface area contributed by atoms with Crippen molar-refractivity contribution in [3.8, 4) is 11.4 Å². The van der Waals surface area contributed by atoms with Gasteiger partial charge in [0.15, 0.2) is 5.96 Å². The number of para-hydroxylation sites is 1. The minimum absolute atomic E-state index is 0.585. The van der Waals surface area contributed by atoms with Crippen LogP contribution in [0.4, 0.5) is 0 Å². The molecular weight excluding hydrogens is 362 g/mol. The smallest absolute Gasteiger partial charge is 0.191 e. The monoisotopic (exact) mass is 391 g/mol. The van der Waals surface area contributed by atoms with Crippen molar-refractivity contribution in [2.75, 3.05) is 20.2 Å². The second-order valence-electron chi connectivity index (χ2n) is 6.77. The Bertz CT molecular complexity index is 934. The summed E-state index contributed by atoms with van der Waals surface area (Å²) in [5.41, 5.74) is 4.62. The Morgan fingerprint density at radius 1 is 1.17 bits per heavy atom. The van der Waals surface area contributed by atoms with Crippen LogP contribution in [0.3, 0.4) is 0 Å². The Kier molecular flexibility index (Phi) is 7.28. The zero-order valence-electron chi connectivity index (χ0n) is 17.4. The second-order valence-corrected chi connectivity index (χ2v) is 6.77. The van der Waals surface area contributed by atoms with Crippen LogP contribution in [-0.4, -0.2) is 35.7 Å². The van der Waals surface area contributed by atoms with Gasteiger partial charge in [0.25, 0.3) is 0 Å². The first kappa shape index (κ1) is 20.5. The third-order valence-electron chi connectivity index (χ3n) is 4.70. The molecule has 0 atom stereocenters. The topological polar surface area (TPSA) is 63.5 Å². The minimum Gasteiger partial charge on any atom is -0.496 e. The van der Waals surface area contributed by atoms with Gasteiger partial charge in [-0.05, 0) is 49.1 Å². The number of nitrogens with one attached hydrogen (secondary N) is 2. The van der Waals surface area contributed by atoms with Crippen molar-refractivity contribution in [2.45, 2.75) is 26.8 Å². The first-order valence-electron chi connectivity index (χ1n) is 9.93. The second kappa shape index (κ2) is 10.3. The fraction of sp³-hybridized carbons (Fsp3) is 0.304. The van der Waals surface area contributed by atoms with Gasteiger partial charge in [0.05, 0.1) is 25.7 Å². The van der Waals surface area contributed by atoms with Crippen LogP contribution >= 0.6 is 0 Å². The molecule has 6 nitrogen and oxygen atoms in total. The zero-order chi connectivity index (χ0) is 20.5. The van der Waals surface area contributed by atoms with Crippen LogP contribution in [0.25, 0.3) is 5.69 Å². The Morgan fingerprint density at radius 2 is 2.03 bits per heavy atom. The summed E-state index contributed by atoms with van der Waals surface area (Å²) in [5, 5.41) is 6.74. The van der Waals surface area contributed by atoms with E-state index in [0.29, 0.717) is 6.54 Å². The number of ether oxygens (including phenoxy) is 1. The number of aliphatic imine (C=N–C) groups is 1. The van der Waals surface area contributed by atoms with Crippen molar-refractivity contribution in [1.82, 2.24) is 20.2 Å².